The zero-order chi connectivity index (χ0) is 25.1. The number of aryl methyl sites for hydroxylation is 1. The van der Waals surface area contributed by atoms with Gasteiger partial charge in [0.25, 0.3) is 5.91 Å². The Hall–Kier alpha value is -3.52. The molecule has 0 aromatic heterocycles. The van der Waals surface area contributed by atoms with E-state index < -0.39 is 10.0 Å². The maximum atomic E-state index is 13.0. The van der Waals surface area contributed by atoms with Crippen molar-refractivity contribution in [3.8, 4) is 0 Å². The van der Waals surface area contributed by atoms with Gasteiger partial charge in [0, 0.05) is 44.0 Å². The normalized spacial score (nSPS) is 15.1. The maximum Gasteiger partial charge on any atom is 0.255 e. The van der Waals surface area contributed by atoms with Crippen LogP contribution in [0.15, 0.2) is 95.9 Å². The van der Waals surface area contributed by atoms with E-state index in [4.69, 9.17) is 0 Å². The van der Waals surface area contributed by atoms with E-state index in [9.17, 15) is 13.2 Å². The first-order valence-electron chi connectivity index (χ1n) is 12.1. The van der Waals surface area contributed by atoms with Crippen molar-refractivity contribution in [3.63, 3.8) is 0 Å². The van der Waals surface area contributed by atoms with E-state index in [1.807, 2.05) is 85.8 Å². The Balaban J connectivity index is 1.20. The summed E-state index contributed by atoms with van der Waals surface area (Å²) in [5, 5.41) is 5.20. The molecule has 1 heterocycles. The molecule has 1 aliphatic rings. The van der Waals surface area contributed by atoms with Gasteiger partial charge >= 0.3 is 0 Å². The van der Waals surface area contributed by atoms with Crippen molar-refractivity contribution in [1.82, 2.24) is 9.21 Å². The molecule has 5 rings (SSSR count). The van der Waals surface area contributed by atoms with Crippen LogP contribution in [0.3, 0.4) is 0 Å². The number of nitrogens with one attached hydrogen (secondary N) is 1. The quantitative estimate of drug-likeness (QED) is 0.409. The highest BCUT2D eigenvalue weighted by molar-refractivity contribution is 7.89. The van der Waals surface area contributed by atoms with Gasteiger partial charge in [-0.1, -0.05) is 60.2 Å². The summed E-state index contributed by atoms with van der Waals surface area (Å²) in [6.07, 6.45) is 0. The summed E-state index contributed by atoms with van der Waals surface area (Å²) in [7, 11) is -3.48. The number of amides is 1. The van der Waals surface area contributed by atoms with Crippen LogP contribution in [0.5, 0.6) is 0 Å². The lowest BCUT2D eigenvalue weighted by Crippen LogP contribution is -2.48. The molecule has 0 saturated carbocycles. The monoisotopic (exact) mass is 499 g/mol. The molecule has 1 amide bonds. The predicted octanol–water partition coefficient (Wildman–Crippen LogP) is 4.91. The highest BCUT2D eigenvalue weighted by Crippen LogP contribution is 2.21. The smallest absolute Gasteiger partial charge is 0.255 e. The standard InChI is InChI=1S/C29H29N3O3S/c1-22-9-13-28(14-10-22)36(34,35)32-17-15-31(16-18-32)21-23-5-4-8-26(19-23)29(33)30-27-12-11-24-6-2-3-7-25(24)20-27/h2-14,19-20H,15-18,21H2,1H3,(H,30,33). The molecule has 0 unspecified atom stereocenters. The molecule has 7 heteroatoms. The summed E-state index contributed by atoms with van der Waals surface area (Å²) in [6.45, 7) is 4.76. The third-order valence-corrected chi connectivity index (χ3v) is 8.51. The zero-order valence-electron chi connectivity index (χ0n) is 20.2. The van der Waals surface area contributed by atoms with Crippen molar-refractivity contribution in [3.05, 3.63) is 108 Å². The Morgan fingerprint density at radius 3 is 2.28 bits per heavy atom. The number of rotatable bonds is 6. The van der Waals surface area contributed by atoms with Crippen LogP contribution in [0, 0.1) is 6.92 Å². The first-order valence-corrected chi connectivity index (χ1v) is 13.5. The minimum atomic E-state index is -3.48. The fourth-order valence-corrected chi connectivity index (χ4v) is 5.95. The van der Waals surface area contributed by atoms with Gasteiger partial charge in [0.05, 0.1) is 4.90 Å². The minimum absolute atomic E-state index is 0.152. The largest absolute Gasteiger partial charge is 0.322 e. The second-order valence-corrected chi connectivity index (χ2v) is 11.1. The summed E-state index contributed by atoms with van der Waals surface area (Å²) in [5.41, 5.74) is 3.42. The predicted molar refractivity (Wildman–Crippen MR) is 144 cm³/mol. The molecule has 0 aliphatic carbocycles. The van der Waals surface area contributed by atoms with E-state index in [1.165, 1.54) is 0 Å². The molecule has 1 aliphatic heterocycles. The summed E-state index contributed by atoms with van der Waals surface area (Å²) < 4.78 is 27.5. The number of sulfonamides is 1. The van der Waals surface area contributed by atoms with Gasteiger partial charge in [-0.3, -0.25) is 9.69 Å². The summed E-state index contributed by atoms with van der Waals surface area (Å²) >= 11 is 0. The van der Waals surface area contributed by atoms with Crippen LogP contribution in [0.1, 0.15) is 21.5 Å². The number of hydrogen-bond donors (Lipinski definition) is 1. The van der Waals surface area contributed by atoms with E-state index in [0.29, 0.717) is 43.2 Å². The van der Waals surface area contributed by atoms with Gasteiger partial charge in [-0.05, 0) is 59.7 Å². The van der Waals surface area contributed by atoms with E-state index in [0.717, 1.165) is 27.6 Å². The van der Waals surface area contributed by atoms with Crippen LogP contribution in [0.2, 0.25) is 0 Å². The van der Waals surface area contributed by atoms with Gasteiger partial charge in [-0.25, -0.2) is 8.42 Å². The number of carbonyl (C=O) groups excluding carboxylic acids is 1. The molecule has 0 spiro atoms. The number of anilines is 1. The molecule has 4 aromatic carbocycles. The molecule has 184 valence electrons. The van der Waals surface area contributed by atoms with Crippen LogP contribution in [0.25, 0.3) is 10.8 Å². The van der Waals surface area contributed by atoms with Gasteiger partial charge in [0.15, 0.2) is 0 Å². The van der Waals surface area contributed by atoms with Crippen molar-refractivity contribution in [1.29, 1.82) is 0 Å². The highest BCUT2D eigenvalue weighted by atomic mass is 32.2. The molecule has 36 heavy (non-hydrogen) atoms. The number of carbonyl (C=O) groups is 1. The number of fused-ring (bicyclic) bond motifs is 1. The highest BCUT2D eigenvalue weighted by Gasteiger charge is 2.28. The Bertz CT molecular complexity index is 1490. The second kappa shape index (κ2) is 10.2. The fourth-order valence-electron chi connectivity index (χ4n) is 4.53. The number of hydrogen-bond acceptors (Lipinski definition) is 4. The molecule has 0 bridgehead atoms. The molecule has 0 radical (unpaired) electrons. The number of piperazine rings is 1. The van der Waals surface area contributed by atoms with Gasteiger partial charge in [-0.15, -0.1) is 0 Å². The van der Waals surface area contributed by atoms with Gasteiger partial charge in [0.1, 0.15) is 0 Å². The lowest BCUT2D eigenvalue weighted by molar-refractivity contribution is 0.102. The van der Waals surface area contributed by atoms with Crippen LogP contribution >= 0.6 is 0 Å². The van der Waals surface area contributed by atoms with E-state index >= 15 is 0 Å². The molecule has 1 fully saturated rings. The third-order valence-electron chi connectivity index (χ3n) is 6.59. The molecular weight excluding hydrogens is 470 g/mol. The van der Waals surface area contributed by atoms with Crippen molar-refractivity contribution in [2.75, 3.05) is 31.5 Å². The average molecular weight is 500 g/mol. The summed E-state index contributed by atoms with van der Waals surface area (Å²) in [5.74, 6) is -0.152. The Labute approximate surface area is 212 Å². The first-order chi connectivity index (χ1) is 17.4. The third kappa shape index (κ3) is 5.33. The van der Waals surface area contributed by atoms with E-state index in [2.05, 4.69) is 10.2 Å². The van der Waals surface area contributed by atoms with Crippen molar-refractivity contribution >= 4 is 32.4 Å². The summed E-state index contributed by atoms with van der Waals surface area (Å²) in [6, 6.07) is 28.5. The maximum absolute atomic E-state index is 13.0. The van der Waals surface area contributed by atoms with Crippen molar-refractivity contribution in [2.45, 2.75) is 18.4 Å². The molecule has 0 atom stereocenters. The Morgan fingerprint density at radius 1 is 0.806 bits per heavy atom. The Kier molecular flexibility index (Phi) is 6.87. The zero-order valence-corrected chi connectivity index (χ0v) is 21.0. The lowest BCUT2D eigenvalue weighted by atomic mass is 10.1. The number of benzene rings is 4. The topological polar surface area (TPSA) is 69.7 Å². The molecule has 4 aromatic rings. The molecular formula is C29H29N3O3S. The first kappa shape index (κ1) is 24.2. The second-order valence-electron chi connectivity index (χ2n) is 9.21. The number of nitrogens with zero attached hydrogens (tertiary/aromatic N) is 2. The van der Waals surface area contributed by atoms with Crippen molar-refractivity contribution < 1.29 is 13.2 Å². The van der Waals surface area contributed by atoms with Gasteiger partial charge < -0.3 is 5.32 Å². The van der Waals surface area contributed by atoms with Crippen molar-refractivity contribution in [2.24, 2.45) is 0 Å². The van der Waals surface area contributed by atoms with Crippen LogP contribution < -0.4 is 5.32 Å². The summed E-state index contributed by atoms with van der Waals surface area (Å²) in [4.78, 5) is 15.5. The van der Waals surface area contributed by atoms with Gasteiger partial charge in [0.2, 0.25) is 10.0 Å². The fraction of sp³-hybridized carbons (Fsp3) is 0.207. The van der Waals surface area contributed by atoms with Crippen LogP contribution in [-0.2, 0) is 16.6 Å². The molecule has 1 N–H and O–H groups in total. The van der Waals surface area contributed by atoms with Crippen LogP contribution in [0.4, 0.5) is 5.69 Å². The van der Waals surface area contributed by atoms with E-state index in [-0.39, 0.29) is 5.91 Å². The van der Waals surface area contributed by atoms with Gasteiger partial charge in [-0.2, -0.15) is 4.31 Å². The lowest BCUT2D eigenvalue weighted by Gasteiger charge is -2.34. The molecule has 1 saturated heterocycles. The SMILES string of the molecule is Cc1ccc(S(=O)(=O)N2CCN(Cc3cccc(C(=O)Nc4ccc5ccccc5c4)c3)CC2)cc1. The van der Waals surface area contributed by atoms with Crippen LogP contribution in [-0.4, -0.2) is 49.7 Å². The molecule has 6 nitrogen and oxygen atoms in total. The average Bonchev–Trinajstić information content (AvgIpc) is 2.89. The van der Waals surface area contributed by atoms with E-state index in [1.54, 1.807) is 16.4 Å². The minimum Gasteiger partial charge on any atom is -0.322 e. The Morgan fingerprint density at radius 2 is 1.53 bits per heavy atom.